The Morgan fingerprint density at radius 3 is 2.26 bits per heavy atom. The van der Waals surface area contributed by atoms with E-state index < -0.39 is 48.7 Å². The zero-order valence-electron chi connectivity index (χ0n) is 17.7. The molecule has 2 rings (SSSR count). The van der Waals surface area contributed by atoms with Gasteiger partial charge in [-0.15, -0.1) is 0 Å². The second-order valence-electron chi connectivity index (χ2n) is 7.49. The molecule has 1 unspecified atom stereocenters. The summed E-state index contributed by atoms with van der Waals surface area (Å²) in [6.07, 6.45) is -7.98. The lowest BCUT2D eigenvalue weighted by atomic mass is 9.95. The normalized spacial score (nSPS) is 13.2. The fraction of sp³-hybridized carbons (Fsp3) is 0.304. The Morgan fingerprint density at radius 1 is 1.03 bits per heavy atom. The minimum atomic E-state index is -4.67. The molecule has 0 bridgehead atoms. The van der Waals surface area contributed by atoms with Crippen LogP contribution in [-0.2, 0) is 4.79 Å². The highest BCUT2D eigenvalue weighted by molar-refractivity contribution is 9.10. The predicted molar refractivity (Wildman–Crippen MR) is 116 cm³/mol. The first-order valence-corrected chi connectivity index (χ1v) is 10.6. The molecule has 0 aliphatic rings. The van der Waals surface area contributed by atoms with E-state index in [1.807, 2.05) is 0 Å². The van der Waals surface area contributed by atoms with E-state index in [0.717, 1.165) is 18.2 Å². The van der Waals surface area contributed by atoms with E-state index in [4.69, 9.17) is 0 Å². The molecule has 0 saturated heterocycles. The molecule has 184 valence electrons. The number of allylic oxidation sites excluding steroid dienone is 1. The highest BCUT2D eigenvalue weighted by atomic mass is 79.9. The van der Waals surface area contributed by atoms with Crippen molar-refractivity contribution < 1.29 is 40.3 Å². The Bertz CT molecular complexity index is 1060. The molecule has 0 spiro atoms. The third kappa shape index (κ3) is 8.58. The first kappa shape index (κ1) is 27.6. The highest BCUT2D eigenvalue weighted by Gasteiger charge is 2.39. The van der Waals surface area contributed by atoms with Crippen molar-refractivity contribution >= 4 is 33.7 Å². The van der Waals surface area contributed by atoms with Crippen LogP contribution in [0.25, 0.3) is 6.08 Å². The molecule has 34 heavy (non-hydrogen) atoms. The van der Waals surface area contributed by atoms with Gasteiger partial charge in [-0.3, -0.25) is 9.59 Å². The van der Waals surface area contributed by atoms with Crippen LogP contribution in [0.5, 0.6) is 0 Å². The molecule has 2 aromatic carbocycles. The second kappa shape index (κ2) is 11.2. The van der Waals surface area contributed by atoms with Gasteiger partial charge in [0.1, 0.15) is 12.4 Å². The van der Waals surface area contributed by atoms with Crippen molar-refractivity contribution in [2.24, 2.45) is 0 Å². The molecule has 0 radical (unpaired) electrons. The van der Waals surface area contributed by atoms with Crippen LogP contribution in [0.1, 0.15) is 45.8 Å². The molecule has 0 aliphatic carbocycles. The van der Waals surface area contributed by atoms with Crippen LogP contribution in [0, 0.1) is 12.7 Å². The smallest absolute Gasteiger partial charge is 0.347 e. The number of halogens is 8. The number of alkyl halides is 6. The number of nitrogens with one attached hydrogen (secondary N) is 1. The minimum absolute atomic E-state index is 0.119. The van der Waals surface area contributed by atoms with Gasteiger partial charge in [-0.1, -0.05) is 40.2 Å². The molecular formula is C23H19BrF7NO2. The molecule has 1 amide bonds. The van der Waals surface area contributed by atoms with Gasteiger partial charge in [0.05, 0.1) is 5.92 Å². The Labute approximate surface area is 199 Å². The summed E-state index contributed by atoms with van der Waals surface area (Å²) in [4.78, 5) is 23.7. The number of Topliss-reactive ketones (excluding diaryl/α,β-unsaturated/α-hetero) is 1. The van der Waals surface area contributed by atoms with Gasteiger partial charge in [-0.25, -0.2) is 4.39 Å². The van der Waals surface area contributed by atoms with Crippen molar-refractivity contribution in [2.75, 3.05) is 6.54 Å². The Kier molecular flexibility index (Phi) is 9.04. The molecule has 11 heteroatoms. The fourth-order valence-electron chi connectivity index (χ4n) is 3.07. The summed E-state index contributed by atoms with van der Waals surface area (Å²) in [5, 5.41) is 1.66. The largest absolute Gasteiger partial charge is 0.405 e. The van der Waals surface area contributed by atoms with E-state index in [2.05, 4.69) is 15.9 Å². The number of benzene rings is 2. The lowest BCUT2D eigenvalue weighted by molar-refractivity contribution is -0.139. The predicted octanol–water partition coefficient (Wildman–Crippen LogP) is 6.90. The summed E-state index contributed by atoms with van der Waals surface area (Å²) < 4.78 is 90.9. The van der Waals surface area contributed by atoms with E-state index >= 15 is 0 Å². The molecule has 0 saturated carbocycles. The van der Waals surface area contributed by atoms with E-state index in [-0.39, 0.29) is 22.0 Å². The standard InChI is InChI=1S/C23H19BrF7NO2/c1-13-8-15(11-16(25)9-13)18(23(29,30)31)5-3-14-2-4-17(19(24)10-14)20(33)6-7-21(34)32-12-22(26,27)28/h2-5,8-11,18H,6-7,12H2,1H3,(H,32,34)/b5-3+. The van der Waals surface area contributed by atoms with Crippen molar-refractivity contribution in [3.8, 4) is 0 Å². The Morgan fingerprint density at radius 2 is 1.71 bits per heavy atom. The van der Waals surface area contributed by atoms with E-state index in [0.29, 0.717) is 11.1 Å². The van der Waals surface area contributed by atoms with E-state index in [9.17, 15) is 40.3 Å². The van der Waals surface area contributed by atoms with Crippen LogP contribution in [0.3, 0.4) is 0 Å². The monoisotopic (exact) mass is 553 g/mol. The number of hydrogen-bond acceptors (Lipinski definition) is 2. The van der Waals surface area contributed by atoms with Gasteiger partial charge in [0.25, 0.3) is 0 Å². The summed E-state index contributed by atoms with van der Waals surface area (Å²) in [6, 6.07) is 7.27. The highest BCUT2D eigenvalue weighted by Crippen LogP contribution is 2.37. The Hall–Kier alpha value is -2.69. The number of amides is 1. The molecule has 0 heterocycles. The average molecular weight is 554 g/mol. The lowest BCUT2D eigenvalue weighted by Gasteiger charge is -2.18. The van der Waals surface area contributed by atoms with Crippen LogP contribution in [0.4, 0.5) is 30.7 Å². The van der Waals surface area contributed by atoms with Crippen LogP contribution in [0.15, 0.2) is 46.9 Å². The zero-order valence-corrected chi connectivity index (χ0v) is 19.2. The van der Waals surface area contributed by atoms with Gasteiger partial charge < -0.3 is 5.32 Å². The first-order valence-electron chi connectivity index (χ1n) is 9.84. The maximum absolute atomic E-state index is 13.6. The molecular weight excluding hydrogens is 535 g/mol. The van der Waals surface area contributed by atoms with Crippen molar-refractivity contribution in [3.63, 3.8) is 0 Å². The van der Waals surface area contributed by atoms with E-state index in [1.165, 1.54) is 37.3 Å². The van der Waals surface area contributed by atoms with Crippen molar-refractivity contribution in [1.82, 2.24) is 5.32 Å². The molecule has 2 aromatic rings. The van der Waals surface area contributed by atoms with Crippen molar-refractivity contribution in [1.29, 1.82) is 0 Å². The zero-order chi connectivity index (χ0) is 25.7. The summed E-state index contributed by atoms with van der Waals surface area (Å²) in [7, 11) is 0. The number of rotatable bonds is 8. The maximum atomic E-state index is 13.6. The summed E-state index contributed by atoms with van der Waals surface area (Å²) in [6.45, 7) is -0.0185. The number of carbonyl (C=O) groups is 2. The Balaban J connectivity index is 2.12. The molecule has 0 aliphatic heterocycles. The van der Waals surface area contributed by atoms with Gasteiger partial charge in [0, 0.05) is 22.9 Å². The van der Waals surface area contributed by atoms with Crippen LogP contribution >= 0.6 is 15.9 Å². The SMILES string of the molecule is Cc1cc(F)cc(C(/C=C/c2ccc(C(=O)CCC(=O)NCC(F)(F)F)c(Br)c2)C(F)(F)F)c1. The third-order valence-corrected chi connectivity index (χ3v) is 5.27. The second-order valence-corrected chi connectivity index (χ2v) is 8.35. The topological polar surface area (TPSA) is 46.2 Å². The summed E-state index contributed by atoms with van der Waals surface area (Å²) in [5.74, 6) is -4.31. The maximum Gasteiger partial charge on any atom is 0.405 e. The molecule has 3 nitrogen and oxygen atoms in total. The van der Waals surface area contributed by atoms with Gasteiger partial charge in [-0.2, -0.15) is 26.3 Å². The van der Waals surface area contributed by atoms with Crippen molar-refractivity contribution in [3.05, 3.63) is 75.0 Å². The summed E-state index contributed by atoms with van der Waals surface area (Å²) in [5.41, 5.74) is 0.522. The number of aryl methyl sites for hydroxylation is 1. The number of hydrogen-bond donors (Lipinski definition) is 1. The van der Waals surface area contributed by atoms with Gasteiger partial charge in [0.2, 0.25) is 5.91 Å². The number of carbonyl (C=O) groups excluding carboxylic acids is 2. The molecule has 0 fully saturated rings. The van der Waals surface area contributed by atoms with Crippen LogP contribution in [0.2, 0.25) is 0 Å². The number of ketones is 1. The molecule has 0 aromatic heterocycles. The molecule has 1 atom stereocenters. The quantitative estimate of drug-likeness (QED) is 0.285. The fourth-order valence-corrected chi connectivity index (χ4v) is 3.69. The van der Waals surface area contributed by atoms with Gasteiger partial charge in [0.15, 0.2) is 5.78 Å². The summed E-state index contributed by atoms with van der Waals surface area (Å²) >= 11 is 3.15. The first-order chi connectivity index (χ1) is 15.7. The van der Waals surface area contributed by atoms with Crippen LogP contribution in [-0.4, -0.2) is 30.6 Å². The van der Waals surface area contributed by atoms with Crippen molar-refractivity contribution in [2.45, 2.75) is 38.0 Å². The lowest BCUT2D eigenvalue weighted by Crippen LogP contribution is -2.33. The van der Waals surface area contributed by atoms with Gasteiger partial charge >= 0.3 is 12.4 Å². The molecule has 1 N–H and O–H groups in total. The van der Waals surface area contributed by atoms with E-state index in [1.54, 1.807) is 5.32 Å². The third-order valence-electron chi connectivity index (χ3n) is 4.62. The van der Waals surface area contributed by atoms with Crippen LogP contribution < -0.4 is 5.32 Å². The average Bonchev–Trinajstić information content (AvgIpc) is 2.68. The van der Waals surface area contributed by atoms with Gasteiger partial charge in [-0.05, 0) is 47.9 Å². The minimum Gasteiger partial charge on any atom is -0.347 e.